The molecular weight excluding hydrogens is 412 g/mol. The van der Waals surface area contributed by atoms with Crippen LogP contribution in [0.5, 0.6) is 0 Å². The molecule has 0 aliphatic carbocycles. The van der Waals surface area contributed by atoms with Gasteiger partial charge in [0.1, 0.15) is 24.4 Å². The van der Waals surface area contributed by atoms with E-state index in [0.29, 0.717) is 25.7 Å². The third kappa shape index (κ3) is 5.03. The van der Waals surface area contributed by atoms with Crippen LogP contribution in [0.4, 0.5) is 0 Å². The van der Waals surface area contributed by atoms with Gasteiger partial charge in [-0.05, 0) is 55.4 Å². The predicted octanol–water partition coefficient (Wildman–Crippen LogP) is 1.81. The Balaban J connectivity index is 1.60. The first-order valence-corrected chi connectivity index (χ1v) is 12.0. The van der Waals surface area contributed by atoms with Gasteiger partial charge >= 0.3 is 0 Å². The Bertz CT molecular complexity index is 629. The SMILES string of the molecule is CC1(C)CC2(CC(C)(C)N1)OC[C@@H](O)[C@H]([C@@H]1OC3(CC(C)(C)NC(C)(C)C3)OC[C@@H]1O)O2. The fourth-order valence-electron chi connectivity index (χ4n) is 7.16. The number of hydrogen-bond acceptors (Lipinski definition) is 8. The zero-order valence-electron chi connectivity index (χ0n) is 21.1. The highest BCUT2D eigenvalue weighted by Gasteiger charge is 2.59. The van der Waals surface area contributed by atoms with Crippen molar-refractivity contribution < 1.29 is 29.2 Å². The molecule has 0 aromatic carbocycles. The van der Waals surface area contributed by atoms with Crippen LogP contribution in [-0.4, -0.2) is 81.6 Å². The molecule has 0 saturated carbocycles. The Morgan fingerprint density at radius 2 is 0.844 bits per heavy atom. The third-order valence-corrected chi connectivity index (χ3v) is 7.02. The summed E-state index contributed by atoms with van der Waals surface area (Å²) in [5.41, 5.74) is -0.801. The normalized spacial score (nSPS) is 41.4. The van der Waals surface area contributed by atoms with Gasteiger partial charge in [-0.15, -0.1) is 0 Å². The van der Waals surface area contributed by atoms with E-state index in [0.717, 1.165) is 0 Å². The summed E-state index contributed by atoms with van der Waals surface area (Å²) in [5, 5.41) is 29.1. The lowest BCUT2D eigenvalue weighted by Crippen LogP contribution is -2.72. The summed E-state index contributed by atoms with van der Waals surface area (Å²) < 4.78 is 25.5. The topological polar surface area (TPSA) is 101 Å². The van der Waals surface area contributed by atoms with Crippen molar-refractivity contribution in [2.75, 3.05) is 13.2 Å². The average Bonchev–Trinajstić information content (AvgIpc) is 2.54. The molecule has 4 N–H and O–H groups in total. The van der Waals surface area contributed by atoms with E-state index in [4.69, 9.17) is 18.9 Å². The third-order valence-electron chi connectivity index (χ3n) is 7.02. The summed E-state index contributed by atoms with van der Waals surface area (Å²) in [6, 6.07) is 0. The molecular formula is C24H44N2O6. The maximum Gasteiger partial charge on any atom is 0.172 e. The molecule has 4 heterocycles. The van der Waals surface area contributed by atoms with Crippen LogP contribution in [0.25, 0.3) is 0 Å². The molecule has 4 aliphatic heterocycles. The molecule has 186 valence electrons. The highest BCUT2D eigenvalue weighted by atomic mass is 16.8. The minimum atomic E-state index is -0.890. The van der Waals surface area contributed by atoms with Crippen molar-refractivity contribution in [3.8, 4) is 0 Å². The van der Waals surface area contributed by atoms with Gasteiger partial charge in [0.05, 0.1) is 13.2 Å². The predicted molar refractivity (Wildman–Crippen MR) is 120 cm³/mol. The van der Waals surface area contributed by atoms with Crippen molar-refractivity contribution in [2.45, 2.75) is 139 Å². The van der Waals surface area contributed by atoms with Gasteiger partial charge in [-0.2, -0.15) is 0 Å². The Labute approximate surface area is 192 Å². The highest BCUT2D eigenvalue weighted by molar-refractivity contribution is 5.07. The number of ether oxygens (including phenoxy) is 4. The van der Waals surface area contributed by atoms with Gasteiger partial charge in [0.15, 0.2) is 11.6 Å². The Morgan fingerprint density at radius 1 is 0.562 bits per heavy atom. The lowest BCUT2D eigenvalue weighted by atomic mass is 9.77. The van der Waals surface area contributed by atoms with Gasteiger partial charge in [0.2, 0.25) is 0 Å². The Hall–Kier alpha value is -0.320. The minimum absolute atomic E-state index is 0.149. The first-order valence-electron chi connectivity index (χ1n) is 12.0. The minimum Gasteiger partial charge on any atom is -0.388 e. The maximum absolute atomic E-state index is 10.9. The summed E-state index contributed by atoms with van der Waals surface area (Å²) >= 11 is 0. The number of aliphatic hydroxyl groups is 2. The van der Waals surface area contributed by atoms with E-state index >= 15 is 0 Å². The van der Waals surface area contributed by atoms with E-state index in [9.17, 15) is 10.2 Å². The molecule has 0 aromatic rings. The van der Waals surface area contributed by atoms with E-state index < -0.39 is 36.0 Å². The number of hydrogen-bond donors (Lipinski definition) is 4. The van der Waals surface area contributed by atoms with Crippen LogP contribution in [0.1, 0.15) is 81.1 Å². The zero-order valence-corrected chi connectivity index (χ0v) is 21.1. The van der Waals surface area contributed by atoms with Crippen molar-refractivity contribution in [1.29, 1.82) is 0 Å². The van der Waals surface area contributed by atoms with Gasteiger partial charge in [-0.1, -0.05) is 0 Å². The van der Waals surface area contributed by atoms with Crippen molar-refractivity contribution >= 4 is 0 Å². The van der Waals surface area contributed by atoms with Crippen LogP contribution in [0.3, 0.4) is 0 Å². The van der Waals surface area contributed by atoms with Crippen LogP contribution in [-0.2, 0) is 18.9 Å². The van der Waals surface area contributed by atoms with Crippen molar-refractivity contribution in [2.24, 2.45) is 0 Å². The average molecular weight is 457 g/mol. The molecule has 0 radical (unpaired) electrons. The molecule has 4 fully saturated rings. The Morgan fingerprint density at radius 3 is 1.12 bits per heavy atom. The lowest BCUT2D eigenvalue weighted by Gasteiger charge is -2.58. The Kier molecular flexibility index (Phi) is 5.88. The first kappa shape index (κ1) is 24.8. The van der Waals surface area contributed by atoms with Crippen molar-refractivity contribution in [3.05, 3.63) is 0 Å². The molecule has 4 saturated heterocycles. The fourth-order valence-corrected chi connectivity index (χ4v) is 7.16. The largest absolute Gasteiger partial charge is 0.388 e. The molecule has 4 rings (SSSR count). The van der Waals surface area contributed by atoms with Gasteiger partial charge in [0.25, 0.3) is 0 Å². The van der Waals surface area contributed by atoms with Crippen molar-refractivity contribution in [3.63, 3.8) is 0 Å². The second-order valence-corrected chi connectivity index (χ2v) is 13.2. The number of nitrogens with one attached hydrogen (secondary N) is 2. The van der Waals surface area contributed by atoms with Crippen molar-refractivity contribution in [1.82, 2.24) is 10.6 Å². The summed E-state index contributed by atoms with van der Waals surface area (Å²) in [5.74, 6) is -1.69. The molecule has 32 heavy (non-hydrogen) atoms. The summed E-state index contributed by atoms with van der Waals surface area (Å²) in [6.07, 6.45) is -0.626. The molecule has 2 spiro atoms. The fraction of sp³-hybridized carbons (Fsp3) is 1.00. The molecule has 0 unspecified atom stereocenters. The second kappa shape index (κ2) is 7.59. The zero-order chi connectivity index (χ0) is 23.8. The molecule has 8 heteroatoms. The highest BCUT2D eigenvalue weighted by Crippen LogP contribution is 2.46. The van der Waals surface area contributed by atoms with Crippen LogP contribution >= 0.6 is 0 Å². The summed E-state index contributed by atoms with van der Waals surface area (Å²) in [7, 11) is 0. The summed E-state index contributed by atoms with van der Waals surface area (Å²) in [4.78, 5) is 0. The van der Waals surface area contributed by atoms with Gasteiger partial charge in [-0.25, -0.2) is 0 Å². The van der Waals surface area contributed by atoms with Gasteiger partial charge in [0, 0.05) is 47.8 Å². The molecule has 0 bridgehead atoms. The standard InChI is InChI=1S/C24H44N2O6/c1-19(2)11-23(12-20(3,4)25-19)29-9-15(27)17(31-23)18-16(28)10-30-24(32-18)13-21(5,6)26-22(7,8)14-24/h15-18,25-28H,9-14H2,1-8H3/t15-,16+,17-,18-/m1/s1. The first-order chi connectivity index (χ1) is 14.4. The quantitative estimate of drug-likeness (QED) is 0.474. The van der Waals surface area contributed by atoms with Gasteiger partial charge in [-0.3, -0.25) is 0 Å². The van der Waals surface area contributed by atoms with Crippen LogP contribution < -0.4 is 10.6 Å². The number of aliphatic hydroxyl groups excluding tert-OH is 2. The number of piperidine rings is 2. The van der Waals surface area contributed by atoms with Gasteiger partial charge < -0.3 is 39.8 Å². The van der Waals surface area contributed by atoms with E-state index in [1.165, 1.54) is 0 Å². The van der Waals surface area contributed by atoms with Crippen LogP contribution in [0.2, 0.25) is 0 Å². The smallest absolute Gasteiger partial charge is 0.172 e. The maximum atomic E-state index is 10.9. The van der Waals surface area contributed by atoms with Crippen LogP contribution in [0.15, 0.2) is 0 Å². The molecule has 4 aliphatic rings. The molecule has 0 aromatic heterocycles. The molecule has 4 atom stereocenters. The number of rotatable bonds is 1. The van der Waals surface area contributed by atoms with E-state index in [1.54, 1.807) is 0 Å². The van der Waals surface area contributed by atoms with E-state index in [2.05, 4.69) is 66.0 Å². The lowest BCUT2D eigenvalue weighted by molar-refractivity contribution is -0.402. The summed E-state index contributed by atoms with van der Waals surface area (Å²) in [6.45, 7) is 17.4. The second-order valence-electron chi connectivity index (χ2n) is 13.2. The van der Waals surface area contributed by atoms with E-state index in [1.807, 2.05) is 0 Å². The molecule has 8 nitrogen and oxygen atoms in total. The van der Waals surface area contributed by atoms with E-state index in [-0.39, 0.29) is 35.4 Å². The van der Waals surface area contributed by atoms with Crippen LogP contribution in [0, 0.1) is 0 Å². The monoisotopic (exact) mass is 456 g/mol. The molecule has 0 amide bonds.